The molecule has 0 saturated heterocycles. The number of hydrogen-bond donors (Lipinski definition) is 0. The van der Waals surface area contributed by atoms with E-state index in [-0.39, 0.29) is 5.29 Å². The summed E-state index contributed by atoms with van der Waals surface area (Å²) in [5.74, 6) is 0.449. The molecular formula is C22H18ClN3. The quantitative estimate of drug-likeness (QED) is 0.330. The third-order valence-corrected chi connectivity index (χ3v) is 4.01. The molecule has 0 atom stereocenters. The van der Waals surface area contributed by atoms with Crippen LogP contribution < -0.4 is 0 Å². The summed E-state index contributed by atoms with van der Waals surface area (Å²) in [7, 11) is 0. The Morgan fingerprint density at radius 1 is 0.808 bits per heavy atom. The van der Waals surface area contributed by atoms with Crippen molar-refractivity contribution >= 4 is 29.4 Å². The first-order chi connectivity index (χ1) is 12.8. The summed E-state index contributed by atoms with van der Waals surface area (Å²) in [6, 6.07) is 28.0. The van der Waals surface area contributed by atoms with Crippen molar-refractivity contribution < 1.29 is 0 Å². The molecule has 0 amide bonds. The molecule has 3 aromatic rings. The Labute approximate surface area is 158 Å². The highest BCUT2D eigenvalue weighted by atomic mass is 35.5. The van der Waals surface area contributed by atoms with Crippen molar-refractivity contribution in [2.75, 3.05) is 0 Å². The van der Waals surface area contributed by atoms with Gasteiger partial charge in [0.05, 0.1) is 6.54 Å². The summed E-state index contributed by atoms with van der Waals surface area (Å²) in [6.45, 7) is 4.09. The highest BCUT2D eigenvalue weighted by Crippen LogP contribution is 2.20. The van der Waals surface area contributed by atoms with Crippen molar-refractivity contribution in [3.63, 3.8) is 0 Å². The minimum atomic E-state index is 0.154. The summed E-state index contributed by atoms with van der Waals surface area (Å²) < 4.78 is 0. The van der Waals surface area contributed by atoms with Crippen LogP contribution in [0.2, 0.25) is 0 Å². The van der Waals surface area contributed by atoms with Crippen LogP contribution in [-0.2, 0) is 6.54 Å². The Morgan fingerprint density at radius 2 is 1.46 bits per heavy atom. The molecular weight excluding hydrogens is 342 g/mol. The Kier molecular flexibility index (Phi) is 6.07. The fourth-order valence-corrected chi connectivity index (χ4v) is 2.66. The van der Waals surface area contributed by atoms with E-state index >= 15 is 0 Å². The van der Waals surface area contributed by atoms with Crippen LogP contribution in [0.3, 0.4) is 0 Å². The van der Waals surface area contributed by atoms with E-state index in [2.05, 4.69) is 33.8 Å². The topological polar surface area (TPSA) is 37.1 Å². The number of halogens is 1. The molecule has 0 aliphatic heterocycles. The second-order valence-corrected chi connectivity index (χ2v) is 5.95. The predicted octanol–water partition coefficient (Wildman–Crippen LogP) is 5.60. The molecule has 0 N–H and O–H groups in total. The monoisotopic (exact) mass is 359 g/mol. The van der Waals surface area contributed by atoms with E-state index in [4.69, 9.17) is 11.6 Å². The molecule has 128 valence electrons. The van der Waals surface area contributed by atoms with Gasteiger partial charge in [-0.3, -0.25) is 4.99 Å². The van der Waals surface area contributed by atoms with Gasteiger partial charge in [0, 0.05) is 5.56 Å². The zero-order chi connectivity index (χ0) is 18.2. The Hall–Kier alpha value is -3.04. The minimum Gasteiger partial charge on any atom is -0.251 e. The lowest BCUT2D eigenvalue weighted by Crippen LogP contribution is -2.00. The van der Waals surface area contributed by atoms with E-state index in [1.54, 1.807) is 0 Å². The zero-order valence-corrected chi connectivity index (χ0v) is 15.0. The average molecular weight is 360 g/mol. The van der Waals surface area contributed by atoms with Gasteiger partial charge in [-0.2, -0.15) is 4.99 Å². The van der Waals surface area contributed by atoms with Gasteiger partial charge in [-0.1, -0.05) is 78.9 Å². The smallest absolute Gasteiger partial charge is 0.220 e. The number of amidine groups is 2. The maximum Gasteiger partial charge on any atom is 0.220 e. The molecule has 0 unspecified atom stereocenters. The standard InChI is InChI=1S/C22H18ClN3/c1-24-21(26-22(23)25-16-17-9-4-2-5-10-17)20-14-8-13-19(15-20)18-11-6-3-7-12-18/h2-15H,1,16H2. The van der Waals surface area contributed by atoms with E-state index in [9.17, 15) is 0 Å². The van der Waals surface area contributed by atoms with Gasteiger partial charge in [0.1, 0.15) is 0 Å². The SMILES string of the molecule is C=NC(=NC(Cl)=NCc1ccccc1)c1cccc(-c2ccccc2)c1. The van der Waals surface area contributed by atoms with Crippen molar-refractivity contribution in [1.29, 1.82) is 0 Å². The van der Waals surface area contributed by atoms with E-state index < -0.39 is 0 Å². The molecule has 0 aliphatic rings. The molecule has 26 heavy (non-hydrogen) atoms. The number of benzene rings is 3. The van der Waals surface area contributed by atoms with E-state index in [0.717, 1.165) is 22.3 Å². The lowest BCUT2D eigenvalue weighted by atomic mass is 10.0. The first-order valence-corrected chi connectivity index (χ1v) is 8.59. The summed E-state index contributed by atoms with van der Waals surface area (Å²) in [5, 5.41) is 0.154. The van der Waals surface area contributed by atoms with Gasteiger partial charge >= 0.3 is 0 Å². The first-order valence-electron chi connectivity index (χ1n) is 8.21. The number of aliphatic imine (C=N–C) groups is 3. The zero-order valence-electron chi connectivity index (χ0n) is 14.2. The van der Waals surface area contributed by atoms with Crippen molar-refractivity contribution in [3.8, 4) is 11.1 Å². The van der Waals surface area contributed by atoms with Crippen LogP contribution in [0.15, 0.2) is 99.9 Å². The van der Waals surface area contributed by atoms with Gasteiger partial charge in [-0.05, 0) is 41.1 Å². The third kappa shape index (κ3) is 4.74. The van der Waals surface area contributed by atoms with E-state index in [1.807, 2.05) is 72.8 Å². The highest BCUT2D eigenvalue weighted by Gasteiger charge is 2.05. The molecule has 3 aromatic carbocycles. The minimum absolute atomic E-state index is 0.154. The molecule has 0 heterocycles. The molecule has 0 saturated carbocycles. The normalized spacial score (nSPS) is 12.0. The van der Waals surface area contributed by atoms with Gasteiger partial charge < -0.3 is 0 Å². The van der Waals surface area contributed by atoms with Gasteiger partial charge in [0.2, 0.25) is 5.29 Å². The molecule has 3 nitrogen and oxygen atoms in total. The average Bonchev–Trinajstić information content (AvgIpc) is 2.72. The van der Waals surface area contributed by atoms with Crippen LogP contribution in [0, 0.1) is 0 Å². The van der Waals surface area contributed by atoms with Crippen LogP contribution in [0.1, 0.15) is 11.1 Å². The van der Waals surface area contributed by atoms with Crippen molar-refractivity contribution in [3.05, 3.63) is 96.1 Å². The second-order valence-electron chi connectivity index (χ2n) is 5.61. The van der Waals surface area contributed by atoms with Crippen LogP contribution in [-0.4, -0.2) is 17.8 Å². The molecule has 0 radical (unpaired) electrons. The van der Waals surface area contributed by atoms with E-state index in [1.165, 1.54) is 0 Å². The number of hydrogen-bond acceptors (Lipinski definition) is 1. The molecule has 0 aromatic heterocycles. The molecule has 4 heteroatoms. The molecule has 3 rings (SSSR count). The van der Waals surface area contributed by atoms with Gasteiger partial charge in [-0.15, -0.1) is 0 Å². The molecule has 0 aliphatic carbocycles. The van der Waals surface area contributed by atoms with E-state index in [0.29, 0.717) is 12.4 Å². The maximum absolute atomic E-state index is 6.19. The predicted molar refractivity (Wildman–Crippen MR) is 111 cm³/mol. The van der Waals surface area contributed by atoms with Crippen LogP contribution in [0.25, 0.3) is 11.1 Å². The van der Waals surface area contributed by atoms with Gasteiger partial charge in [0.15, 0.2) is 5.84 Å². The summed E-state index contributed by atoms with van der Waals surface area (Å²) in [6.07, 6.45) is 0. The summed E-state index contributed by atoms with van der Waals surface area (Å²) in [5.41, 5.74) is 4.12. The Balaban J connectivity index is 1.84. The van der Waals surface area contributed by atoms with Crippen molar-refractivity contribution in [1.82, 2.24) is 0 Å². The summed E-state index contributed by atoms with van der Waals surface area (Å²) >= 11 is 6.19. The first kappa shape index (κ1) is 17.8. The molecule has 0 spiro atoms. The summed E-state index contributed by atoms with van der Waals surface area (Å²) in [4.78, 5) is 12.6. The van der Waals surface area contributed by atoms with Crippen LogP contribution >= 0.6 is 11.6 Å². The fraction of sp³-hybridized carbons (Fsp3) is 0.0455. The number of rotatable bonds is 4. The van der Waals surface area contributed by atoms with Crippen molar-refractivity contribution in [2.45, 2.75) is 6.54 Å². The fourth-order valence-electron chi connectivity index (χ4n) is 2.52. The Morgan fingerprint density at radius 3 is 2.15 bits per heavy atom. The number of nitrogens with zero attached hydrogens (tertiary/aromatic N) is 3. The lowest BCUT2D eigenvalue weighted by Gasteiger charge is -2.05. The van der Waals surface area contributed by atoms with Gasteiger partial charge in [0.25, 0.3) is 0 Å². The van der Waals surface area contributed by atoms with Gasteiger partial charge in [-0.25, -0.2) is 4.99 Å². The van der Waals surface area contributed by atoms with Crippen LogP contribution in [0.5, 0.6) is 0 Å². The van der Waals surface area contributed by atoms with Crippen molar-refractivity contribution in [2.24, 2.45) is 15.0 Å². The lowest BCUT2D eigenvalue weighted by molar-refractivity contribution is 1.07. The van der Waals surface area contributed by atoms with Crippen LogP contribution in [0.4, 0.5) is 0 Å². The Bertz CT molecular complexity index is 932. The highest BCUT2D eigenvalue weighted by molar-refractivity contribution is 6.65. The second kappa shape index (κ2) is 8.88. The molecule has 0 fully saturated rings. The maximum atomic E-state index is 6.19. The largest absolute Gasteiger partial charge is 0.251 e. The molecule has 0 bridgehead atoms. The third-order valence-electron chi connectivity index (χ3n) is 3.81.